The first-order valence-corrected chi connectivity index (χ1v) is 6.45. The van der Waals surface area contributed by atoms with Gasteiger partial charge in [0.2, 0.25) is 0 Å². The first-order valence-electron chi connectivity index (χ1n) is 6.45. The van der Waals surface area contributed by atoms with E-state index in [1.165, 1.54) is 0 Å². The van der Waals surface area contributed by atoms with Crippen LogP contribution < -0.4 is 0 Å². The minimum absolute atomic E-state index is 0.0277. The first kappa shape index (κ1) is 14.1. The molecule has 0 aromatic rings. The highest BCUT2D eigenvalue weighted by molar-refractivity contribution is 5.87. The highest BCUT2D eigenvalue weighted by atomic mass is 16.1. The molecule has 1 fully saturated rings. The van der Waals surface area contributed by atoms with Crippen molar-refractivity contribution >= 4 is 17.9 Å². The SMILES string of the molecule is CC(=O)CCC1C(=O)[C@H](C(C)C=O)CC[C@H]1C. The van der Waals surface area contributed by atoms with Crippen molar-refractivity contribution in [3.8, 4) is 0 Å². The largest absolute Gasteiger partial charge is 0.303 e. The van der Waals surface area contributed by atoms with Crippen molar-refractivity contribution in [3.05, 3.63) is 0 Å². The molecule has 1 aliphatic rings. The van der Waals surface area contributed by atoms with Gasteiger partial charge < -0.3 is 9.59 Å². The summed E-state index contributed by atoms with van der Waals surface area (Å²) in [5.41, 5.74) is 0. The molecule has 0 amide bonds. The molecule has 0 aromatic heterocycles. The number of Topliss-reactive ketones (excluding diaryl/α,β-unsaturated/α-hetero) is 2. The lowest BCUT2D eigenvalue weighted by atomic mass is 9.68. The molecule has 0 bridgehead atoms. The molecule has 1 rings (SSSR count). The van der Waals surface area contributed by atoms with Gasteiger partial charge in [0, 0.05) is 24.2 Å². The van der Waals surface area contributed by atoms with Crippen LogP contribution in [-0.2, 0) is 14.4 Å². The van der Waals surface area contributed by atoms with Crippen LogP contribution in [-0.4, -0.2) is 17.9 Å². The molecule has 2 unspecified atom stereocenters. The van der Waals surface area contributed by atoms with Crippen LogP contribution in [0, 0.1) is 23.7 Å². The summed E-state index contributed by atoms with van der Waals surface area (Å²) >= 11 is 0. The molecular formula is C14H22O3. The fraction of sp³-hybridized carbons (Fsp3) is 0.786. The van der Waals surface area contributed by atoms with E-state index in [9.17, 15) is 14.4 Å². The molecule has 0 aromatic carbocycles. The zero-order chi connectivity index (χ0) is 13.0. The van der Waals surface area contributed by atoms with Gasteiger partial charge in [0.05, 0.1) is 0 Å². The van der Waals surface area contributed by atoms with Crippen LogP contribution in [0.2, 0.25) is 0 Å². The molecule has 0 radical (unpaired) electrons. The second-order valence-electron chi connectivity index (χ2n) is 5.41. The van der Waals surface area contributed by atoms with Crippen molar-refractivity contribution in [2.75, 3.05) is 0 Å². The Morgan fingerprint density at radius 2 is 2.12 bits per heavy atom. The van der Waals surface area contributed by atoms with Gasteiger partial charge in [-0.2, -0.15) is 0 Å². The third-order valence-corrected chi connectivity index (χ3v) is 4.01. The predicted octanol–water partition coefficient (Wildman–Crippen LogP) is 2.42. The number of aldehydes is 1. The van der Waals surface area contributed by atoms with E-state index in [1.54, 1.807) is 6.92 Å². The average Bonchev–Trinajstić information content (AvgIpc) is 2.27. The molecule has 1 saturated carbocycles. The Morgan fingerprint density at radius 3 is 2.65 bits per heavy atom. The Balaban J connectivity index is 2.69. The van der Waals surface area contributed by atoms with E-state index < -0.39 is 0 Å². The molecule has 4 atom stereocenters. The van der Waals surface area contributed by atoms with E-state index >= 15 is 0 Å². The van der Waals surface area contributed by atoms with Crippen molar-refractivity contribution < 1.29 is 14.4 Å². The minimum Gasteiger partial charge on any atom is -0.303 e. The topological polar surface area (TPSA) is 51.2 Å². The first-order chi connectivity index (χ1) is 7.97. The molecule has 0 heterocycles. The number of carbonyl (C=O) groups excluding carboxylic acids is 3. The quantitative estimate of drug-likeness (QED) is 0.691. The zero-order valence-electron chi connectivity index (χ0n) is 10.9. The minimum atomic E-state index is -0.185. The van der Waals surface area contributed by atoms with E-state index in [2.05, 4.69) is 6.92 Å². The van der Waals surface area contributed by atoms with Crippen LogP contribution in [0.5, 0.6) is 0 Å². The maximum atomic E-state index is 12.3. The molecule has 96 valence electrons. The summed E-state index contributed by atoms with van der Waals surface area (Å²) in [4.78, 5) is 34.1. The second kappa shape index (κ2) is 6.08. The molecule has 3 heteroatoms. The summed E-state index contributed by atoms with van der Waals surface area (Å²) in [6, 6.07) is 0. The molecule has 17 heavy (non-hydrogen) atoms. The lowest BCUT2D eigenvalue weighted by Crippen LogP contribution is -2.37. The van der Waals surface area contributed by atoms with Crippen molar-refractivity contribution in [2.45, 2.75) is 46.5 Å². The fourth-order valence-corrected chi connectivity index (χ4v) is 2.74. The maximum Gasteiger partial charge on any atom is 0.140 e. The van der Waals surface area contributed by atoms with Gasteiger partial charge in [-0.1, -0.05) is 13.8 Å². The van der Waals surface area contributed by atoms with Crippen molar-refractivity contribution in [2.24, 2.45) is 23.7 Å². The Bertz CT molecular complexity index is 309. The summed E-state index contributed by atoms with van der Waals surface area (Å²) in [5, 5.41) is 0. The van der Waals surface area contributed by atoms with Gasteiger partial charge in [-0.25, -0.2) is 0 Å². The zero-order valence-corrected chi connectivity index (χ0v) is 10.9. The number of carbonyl (C=O) groups is 3. The summed E-state index contributed by atoms with van der Waals surface area (Å²) in [5.74, 6) is 0.340. The smallest absolute Gasteiger partial charge is 0.140 e. The standard InChI is InChI=1S/C14H22O3/c1-9-4-6-13(10(2)8-15)14(17)12(9)7-5-11(3)16/h8-10,12-13H,4-7H2,1-3H3/t9-,10?,12?,13+/m1/s1. The number of hydrogen-bond acceptors (Lipinski definition) is 3. The summed E-state index contributed by atoms with van der Waals surface area (Å²) in [6.45, 7) is 5.45. The van der Waals surface area contributed by atoms with Gasteiger partial charge in [0.15, 0.2) is 0 Å². The van der Waals surface area contributed by atoms with E-state index in [1.807, 2.05) is 6.92 Å². The van der Waals surface area contributed by atoms with Crippen LogP contribution >= 0.6 is 0 Å². The molecule has 0 spiro atoms. The molecule has 0 aliphatic heterocycles. The van der Waals surface area contributed by atoms with Crippen molar-refractivity contribution in [1.82, 2.24) is 0 Å². The van der Waals surface area contributed by atoms with Crippen LogP contribution in [0.15, 0.2) is 0 Å². The van der Waals surface area contributed by atoms with E-state index in [0.717, 1.165) is 19.1 Å². The molecular weight excluding hydrogens is 216 g/mol. The lowest BCUT2D eigenvalue weighted by molar-refractivity contribution is -0.135. The Labute approximate surface area is 103 Å². The summed E-state index contributed by atoms with van der Waals surface area (Å²) in [7, 11) is 0. The van der Waals surface area contributed by atoms with Gasteiger partial charge >= 0.3 is 0 Å². The van der Waals surface area contributed by atoms with Gasteiger partial charge in [0.25, 0.3) is 0 Å². The fourth-order valence-electron chi connectivity index (χ4n) is 2.74. The predicted molar refractivity (Wildman–Crippen MR) is 65.5 cm³/mol. The molecule has 1 aliphatic carbocycles. The monoisotopic (exact) mass is 238 g/mol. The third-order valence-electron chi connectivity index (χ3n) is 4.01. The molecule has 0 saturated heterocycles. The lowest BCUT2D eigenvalue weighted by Gasteiger charge is -2.34. The summed E-state index contributed by atoms with van der Waals surface area (Å²) < 4.78 is 0. The number of ketones is 2. The van der Waals surface area contributed by atoms with E-state index in [-0.39, 0.29) is 29.3 Å². The highest BCUT2D eigenvalue weighted by Crippen LogP contribution is 2.36. The van der Waals surface area contributed by atoms with Crippen LogP contribution in [0.3, 0.4) is 0 Å². The summed E-state index contributed by atoms with van der Waals surface area (Å²) in [6.07, 6.45) is 3.80. The van der Waals surface area contributed by atoms with E-state index in [0.29, 0.717) is 18.8 Å². The van der Waals surface area contributed by atoms with Gasteiger partial charge in [-0.05, 0) is 32.1 Å². The number of rotatable bonds is 5. The molecule has 0 N–H and O–H groups in total. The second-order valence-corrected chi connectivity index (χ2v) is 5.41. The van der Waals surface area contributed by atoms with Crippen LogP contribution in [0.1, 0.15) is 46.5 Å². The Hall–Kier alpha value is -0.990. The van der Waals surface area contributed by atoms with Gasteiger partial charge in [0.1, 0.15) is 17.9 Å². The normalized spacial score (nSPS) is 31.0. The third kappa shape index (κ3) is 3.48. The Kier molecular flexibility index (Phi) is 5.03. The van der Waals surface area contributed by atoms with E-state index in [4.69, 9.17) is 0 Å². The van der Waals surface area contributed by atoms with Crippen molar-refractivity contribution in [1.29, 1.82) is 0 Å². The number of hydrogen-bond donors (Lipinski definition) is 0. The van der Waals surface area contributed by atoms with Crippen molar-refractivity contribution in [3.63, 3.8) is 0 Å². The maximum absolute atomic E-state index is 12.3. The molecule has 3 nitrogen and oxygen atoms in total. The van der Waals surface area contributed by atoms with Crippen LogP contribution in [0.4, 0.5) is 0 Å². The average molecular weight is 238 g/mol. The Morgan fingerprint density at radius 1 is 1.47 bits per heavy atom. The van der Waals surface area contributed by atoms with Crippen LogP contribution in [0.25, 0.3) is 0 Å². The van der Waals surface area contributed by atoms with Gasteiger partial charge in [-0.15, -0.1) is 0 Å². The highest BCUT2D eigenvalue weighted by Gasteiger charge is 2.37. The van der Waals surface area contributed by atoms with Gasteiger partial charge in [-0.3, -0.25) is 4.79 Å².